The second-order valence-electron chi connectivity index (χ2n) is 0.211. The van der Waals surface area contributed by atoms with E-state index >= 15 is 0 Å². The molecule has 0 aliphatic rings. The molecule has 0 nitrogen and oxygen atoms in total. The summed E-state index contributed by atoms with van der Waals surface area (Å²) in [6.45, 7) is 0. The first-order valence-electron chi connectivity index (χ1n) is 0.683. The normalized spacial score (nSPS) is 8.40. The van der Waals surface area contributed by atoms with E-state index in [1.165, 1.54) is 29.5 Å². The van der Waals surface area contributed by atoms with Crippen LogP contribution in [-0.2, 0) is 11.7 Å². The standard InChI is InChI=1S/H2S5/c1-3-5-4-2/h1-2H/p-1. The lowest BCUT2D eigenvalue weighted by atomic mass is 30.3. The maximum atomic E-state index is 4.46. The molecular formula is HS5-. The summed E-state index contributed by atoms with van der Waals surface area (Å²) in [6.07, 6.45) is 0. The highest BCUT2D eigenvalue weighted by Gasteiger charge is 1.61. The predicted octanol–water partition coefficient (Wildman–Crippen LogP) is 2.32. The second-order valence-corrected chi connectivity index (χ2v) is 5.69. The lowest BCUT2D eigenvalue weighted by Gasteiger charge is -1.93. The summed E-state index contributed by atoms with van der Waals surface area (Å²) < 4.78 is 0. The molecule has 0 spiro atoms. The van der Waals surface area contributed by atoms with Crippen molar-refractivity contribution in [3.05, 3.63) is 0 Å². The molecule has 0 radical (unpaired) electrons. The van der Waals surface area contributed by atoms with Crippen LogP contribution in [0.1, 0.15) is 0 Å². The van der Waals surface area contributed by atoms with Crippen LogP contribution in [0.25, 0.3) is 0 Å². The summed E-state index contributed by atoms with van der Waals surface area (Å²) >= 11 is 8.25. The molecule has 0 N–H and O–H groups in total. The van der Waals surface area contributed by atoms with Crippen LogP contribution in [-0.4, -0.2) is 0 Å². The highest BCUT2D eigenvalue weighted by Crippen LogP contribution is 2.34. The van der Waals surface area contributed by atoms with Gasteiger partial charge in [0, 0.05) is 0 Å². The zero-order chi connectivity index (χ0) is 4.12. The largest absolute Gasteiger partial charge is 0.706 e. The van der Waals surface area contributed by atoms with Gasteiger partial charge in [0.2, 0.25) is 0 Å². The van der Waals surface area contributed by atoms with Crippen LogP contribution in [0.15, 0.2) is 0 Å². The van der Waals surface area contributed by atoms with E-state index in [-0.39, 0.29) is 0 Å². The van der Waals surface area contributed by atoms with Gasteiger partial charge in [0.15, 0.2) is 0 Å². The summed E-state index contributed by atoms with van der Waals surface area (Å²) in [5.41, 5.74) is 0. The molecule has 5 heavy (non-hydrogen) atoms. The van der Waals surface area contributed by atoms with Crippen LogP contribution in [0.3, 0.4) is 0 Å². The van der Waals surface area contributed by atoms with E-state index in [2.05, 4.69) is 23.3 Å². The third-order valence-electron chi connectivity index (χ3n) is 0.0582. The fourth-order valence-corrected chi connectivity index (χ4v) is 3.02. The summed E-state index contributed by atoms with van der Waals surface area (Å²) in [6, 6.07) is 0. The maximum Gasteiger partial charge on any atom is -0.0186 e. The van der Waals surface area contributed by atoms with Crippen molar-refractivity contribution in [2.24, 2.45) is 0 Å². The van der Waals surface area contributed by atoms with Crippen molar-refractivity contribution < 1.29 is 0 Å². The summed E-state index contributed by atoms with van der Waals surface area (Å²) in [7, 11) is 4.14. The smallest absolute Gasteiger partial charge is 0.0186 e. The lowest BCUT2D eigenvalue weighted by Crippen LogP contribution is -1.17. The molecule has 0 aliphatic carbocycles. The summed E-state index contributed by atoms with van der Waals surface area (Å²) in [4.78, 5) is 0. The van der Waals surface area contributed by atoms with Crippen LogP contribution >= 0.6 is 41.1 Å². The van der Waals surface area contributed by atoms with Gasteiger partial charge < -0.3 is 11.7 Å². The van der Waals surface area contributed by atoms with Gasteiger partial charge in [-0.3, -0.25) is 9.83 Å². The molecule has 0 fully saturated rings. The lowest BCUT2D eigenvalue weighted by molar-refractivity contribution is 5.84. The zero-order valence-corrected chi connectivity index (χ0v) is 6.24. The van der Waals surface area contributed by atoms with E-state index in [0.717, 1.165) is 0 Å². The van der Waals surface area contributed by atoms with Crippen LogP contribution in [0, 0.1) is 0 Å². The van der Waals surface area contributed by atoms with Crippen molar-refractivity contribution in [1.82, 2.24) is 0 Å². The maximum absolute atomic E-state index is 4.46. The Kier molecular flexibility index (Phi) is 7.76. The molecule has 0 unspecified atom stereocenters. The Morgan fingerprint density at radius 3 is 2.20 bits per heavy atom. The van der Waals surface area contributed by atoms with Crippen molar-refractivity contribution in [1.29, 1.82) is 0 Å². The Morgan fingerprint density at radius 1 is 1.60 bits per heavy atom. The molecule has 0 aromatic rings. The van der Waals surface area contributed by atoms with E-state index in [4.69, 9.17) is 0 Å². The number of hydrogen-bond acceptors (Lipinski definition) is 5. The van der Waals surface area contributed by atoms with E-state index in [1.807, 2.05) is 0 Å². The second kappa shape index (κ2) is 5.75. The molecule has 0 atom stereocenters. The van der Waals surface area contributed by atoms with Crippen LogP contribution in [0.5, 0.6) is 0 Å². The third kappa shape index (κ3) is 5.75. The number of hydrogen-bond donors (Lipinski definition) is 1. The van der Waals surface area contributed by atoms with Gasteiger partial charge in [-0.15, -0.1) is 0 Å². The molecular weight excluding hydrogens is 160 g/mol. The van der Waals surface area contributed by atoms with Crippen molar-refractivity contribution in [2.45, 2.75) is 0 Å². The average Bonchev–Trinajstić information content (AvgIpc) is 1.41. The van der Waals surface area contributed by atoms with E-state index in [9.17, 15) is 0 Å². The third-order valence-corrected chi connectivity index (χ3v) is 4.71. The van der Waals surface area contributed by atoms with Crippen LogP contribution in [0.2, 0.25) is 0 Å². The fourth-order valence-electron chi connectivity index (χ4n) is 0.0124. The Labute approximate surface area is 52.7 Å². The minimum atomic E-state index is 1.29. The summed E-state index contributed by atoms with van der Waals surface area (Å²) in [5, 5.41) is 0. The Bertz CT molecular complexity index is 7.51. The average molecular weight is 161 g/mol. The van der Waals surface area contributed by atoms with Crippen LogP contribution < -0.4 is 0 Å². The van der Waals surface area contributed by atoms with Crippen molar-refractivity contribution in [2.75, 3.05) is 0 Å². The number of thiol groups is 1. The molecule has 0 saturated heterocycles. The van der Waals surface area contributed by atoms with Gasteiger partial charge in [-0.2, -0.15) is 0 Å². The molecule has 0 heterocycles. The fraction of sp³-hybridized carbons (Fsp3) is 0. The molecule has 0 amide bonds. The topological polar surface area (TPSA) is 0 Å². The van der Waals surface area contributed by atoms with E-state index in [1.54, 1.807) is 0 Å². The first kappa shape index (κ1) is 6.75. The van der Waals surface area contributed by atoms with Gasteiger partial charge in [0.1, 0.15) is 0 Å². The first-order chi connectivity index (χ1) is 2.41. The Hall–Kier alpha value is 1.75. The van der Waals surface area contributed by atoms with Gasteiger partial charge in [0.05, 0.1) is 0 Å². The van der Waals surface area contributed by atoms with Gasteiger partial charge in [-0.25, -0.2) is 0 Å². The molecule has 0 aliphatic heterocycles. The van der Waals surface area contributed by atoms with Crippen molar-refractivity contribution >= 4 is 52.8 Å². The highest BCUT2D eigenvalue weighted by molar-refractivity contribution is 9.31. The number of rotatable bonds is 2. The van der Waals surface area contributed by atoms with E-state index < -0.39 is 0 Å². The minimum absolute atomic E-state index is 1.29. The molecule has 32 valence electrons. The molecule has 0 rings (SSSR count). The summed E-state index contributed by atoms with van der Waals surface area (Å²) in [5.74, 6) is 0. The van der Waals surface area contributed by atoms with Crippen molar-refractivity contribution in [3.63, 3.8) is 0 Å². The SMILES string of the molecule is [S-]SSSS. The van der Waals surface area contributed by atoms with Gasteiger partial charge in [0.25, 0.3) is 0 Å². The van der Waals surface area contributed by atoms with Gasteiger partial charge in [-0.1, -0.05) is 11.7 Å². The zero-order valence-electron chi connectivity index (χ0n) is 2.08. The molecule has 0 saturated carbocycles. The Balaban J connectivity index is 2.19. The quantitative estimate of drug-likeness (QED) is 0.375. The van der Waals surface area contributed by atoms with E-state index in [0.29, 0.717) is 0 Å². The first-order valence-corrected chi connectivity index (χ1v) is 6.14. The van der Waals surface area contributed by atoms with Gasteiger partial charge >= 0.3 is 0 Å². The van der Waals surface area contributed by atoms with Crippen molar-refractivity contribution in [3.8, 4) is 0 Å². The highest BCUT2D eigenvalue weighted by atomic mass is 33.8. The molecule has 0 bridgehead atoms. The Morgan fingerprint density at radius 2 is 2.20 bits per heavy atom. The van der Waals surface area contributed by atoms with Crippen LogP contribution in [0.4, 0.5) is 0 Å². The molecule has 0 aromatic carbocycles. The predicted molar refractivity (Wildman–Crippen MR) is 39.1 cm³/mol. The molecule has 0 aromatic heterocycles. The monoisotopic (exact) mass is 161 g/mol. The minimum Gasteiger partial charge on any atom is -0.706 e. The van der Waals surface area contributed by atoms with Gasteiger partial charge in [-0.05, 0) is 19.7 Å². The molecule has 5 heteroatoms.